The Hall–Kier alpha value is -1.06. The molecule has 1 aliphatic carbocycles. The second-order valence-electron chi connectivity index (χ2n) is 8.76. The van der Waals surface area contributed by atoms with Gasteiger partial charge in [0.2, 0.25) is 5.91 Å². The molecule has 1 heterocycles. The number of aliphatic carboxylic acids is 1. The molecule has 23 heavy (non-hydrogen) atoms. The molecule has 2 fully saturated rings. The zero-order chi connectivity index (χ0) is 17.0. The lowest BCUT2D eigenvalue weighted by atomic mass is 9.67. The average Bonchev–Trinajstić information content (AvgIpc) is 2.43. The van der Waals surface area contributed by atoms with Gasteiger partial charge in [0, 0.05) is 25.9 Å². The van der Waals surface area contributed by atoms with Crippen molar-refractivity contribution in [3.63, 3.8) is 0 Å². The minimum atomic E-state index is -0.730. The largest absolute Gasteiger partial charge is 0.481 e. The Kier molecular flexibility index (Phi) is 6.10. The maximum atomic E-state index is 12.7. The number of piperidine rings is 1. The molecule has 2 rings (SSSR count). The van der Waals surface area contributed by atoms with Crippen molar-refractivity contribution in [2.75, 3.05) is 13.1 Å². The van der Waals surface area contributed by atoms with Crippen molar-refractivity contribution in [1.82, 2.24) is 4.90 Å². The van der Waals surface area contributed by atoms with Gasteiger partial charge < -0.3 is 10.0 Å². The van der Waals surface area contributed by atoms with Gasteiger partial charge in [0.05, 0.1) is 0 Å². The number of carboxylic acids is 1. The molecule has 4 heteroatoms. The molecular formula is C19H33NO3. The fraction of sp³-hybridized carbons (Fsp3) is 0.895. The van der Waals surface area contributed by atoms with Crippen LogP contribution >= 0.6 is 0 Å². The van der Waals surface area contributed by atoms with Crippen molar-refractivity contribution < 1.29 is 14.7 Å². The maximum Gasteiger partial charge on any atom is 0.303 e. The van der Waals surface area contributed by atoms with Gasteiger partial charge in [-0.3, -0.25) is 9.59 Å². The Morgan fingerprint density at radius 2 is 1.96 bits per heavy atom. The molecule has 1 amide bonds. The van der Waals surface area contributed by atoms with Crippen molar-refractivity contribution in [3.05, 3.63) is 0 Å². The van der Waals surface area contributed by atoms with Crippen LogP contribution in [0.4, 0.5) is 0 Å². The van der Waals surface area contributed by atoms with Crippen LogP contribution in [-0.4, -0.2) is 35.0 Å². The Balaban J connectivity index is 1.83. The Labute approximate surface area is 140 Å². The molecule has 0 bridgehead atoms. The fourth-order valence-corrected chi connectivity index (χ4v) is 4.93. The Bertz CT molecular complexity index is 432. The zero-order valence-electron chi connectivity index (χ0n) is 15.0. The summed E-state index contributed by atoms with van der Waals surface area (Å²) in [6.45, 7) is 8.57. The van der Waals surface area contributed by atoms with E-state index in [1.165, 1.54) is 12.8 Å². The first-order chi connectivity index (χ1) is 10.7. The van der Waals surface area contributed by atoms with E-state index in [4.69, 9.17) is 5.11 Å². The van der Waals surface area contributed by atoms with Crippen LogP contribution in [0, 0.1) is 23.2 Å². The van der Waals surface area contributed by atoms with Gasteiger partial charge in [0.25, 0.3) is 0 Å². The molecule has 132 valence electrons. The number of carbonyl (C=O) groups is 2. The molecule has 0 aromatic carbocycles. The third kappa shape index (κ3) is 5.82. The first-order valence-electron chi connectivity index (χ1n) is 9.25. The molecule has 0 aromatic heterocycles. The van der Waals surface area contributed by atoms with Gasteiger partial charge in [-0.2, -0.15) is 0 Å². The highest BCUT2D eigenvalue weighted by molar-refractivity contribution is 5.76. The Morgan fingerprint density at radius 3 is 2.61 bits per heavy atom. The smallest absolute Gasteiger partial charge is 0.303 e. The van der Waals surface area contributed by atoms with Crippen LogP contribution in [0.5, 0.6) is 0 Å². The molecule has 4 nitrogen and oxygen atoms in total. The minimum absolute atomic E-state index is 0.223. The molecule has 1 saturated carbocycles. The van der Waals surface area contributed by atoms with Gasteiger partial charge in [0.1, 0.15) is 0 Å². The van der Waals surface area contributed by atoms with Crippen molar-refractivity contribution in [3.8, 4) is 0 Å². The molecular weight excluding hydrogens is 290 g/mol. The number of likely N-dealkylation sites (tertiary alicyclic amines) is 1. The van der Waals surface area contributed by atoms with Crippen molar-refractivity contribution in [2.45, 2.75) is 72.1 Å². The highest BCUT2D eigenvalue weighted by Crippen LogP contribution is 2.43. The molecule has 1 N–H and O–H groups in total. The lowest BCUT2D eigenvalue weighted by molar-refractivity contribution is -0.137. The van der Waals surface area contributed by atoms with Crippen LogP contribution in [0.2, 0.25) is 0 Å². The molecule has 0 radical (unpaired) electrons. The van der Waals surface area contributed by atoms with E-state index in [1.807, 2.05) is 4.90 Å². The van der Waals surface area contributed by atoms with Crippen LogP contribution in [-0.2, 0) is 9.59 Å². The van der Waals surface area contributed by atoms with Crippen LogP contribution < -0.4 is 0 Å². The first kappa shape index (κ1) is 18.3. The van der Waals surface area contributed by atoms with Crippen molar-refractivity contribution in [1.29, 1.82) is 0 Å². The second-order valence-corrected chi connectivity index (χ2v) is 8.76. The highest BCUT2D eigenvalue weighted by atomic mass is 16.4. The molecule has 1 aliphatic heterocycles. The van der Waals surface area contributed by atoms with Crippen LogP contribution in [0.25, 0.3) is 0 Å². The number of nitrogens with zero attached hydrogens (tertiary/aromatic N) is 1. The van der Waals surface area contributed by atoms with Crippen LogP contribution in [0.1, 0.15) is 72.1 Å². The standard InChI is InChI=1S/C19H33NO3/c1-14-9-16(12-19(2,3)11-14)10-17(21)20-8-4-5-15(13-20)6-7-18(22)23/h14-16H,4-13H2,1-3H3,(H,22,23). The summed E-state index contributed by atoms with van der Waals surface area (Å²) in [4.78, 5) is 25.4. The van der Waals surface area contributed by atoms with Crippen LogP contribution in [0.3, 0.4) is 0 Å². The van der Waals surface area contributed by atoms with E-state index >= 15 is 0 Å². The van der Waals surface area contributed by atoms with Gasteiger partial charge >= 0.3 is 5.97 Å². The highest BCUT2D eigenvalue weighted by Gasteiger charge is 2.34. The van der Waals surface area contributed by atoms with E-state index in [-0.39, 0.29) is 6.42 Å². The van der Waals surface area contributed by atoms with Gasteiger partial charge in [-0.25, -0.2) is 0 Å². The number of rotatable bonds is 5. The topological polar surface area (TPSA) is 57.6 Å². The second kappa shape index (κ2) is 7.67. The molecule has 1 saturated heterocycles. The molecule has 0 aromatic rings. The van der Waals surface area contributed by atoms with Gasteiger partial charge in [-0.1, -0.05) is 20.8 Å². The molecule has 3 unspecified atom stereocenters. The van der Waals surface area contributed by atoms with E-state index < -0.39 is 5.97 Å². The summed E-state index contributed by atoms with van der Waals surface area (Å²) in [5.74, 6) is 1.15. The van der Waals surface area contributed by atoms with E-state index in [2.05, 4.69) is 20.8 Å². The summed E-state index contributed by atoms with van der Waals surface area (Å²) >= 11 is 0. The van der Waals surface area contributed by atoms with E-state index in [1.54, 1.807) is 0 Å². The summed E-state index contributed by atoms with van der Waals surface area (Å²) in [5.41, 5.74) is 0.356. The molecule has 0 spiro atoms. The summed E-state index contributed by atoms with van der Waals surface area (Å²) in [6.07, 6.45) is 7.27. The fourth-order valence-electron chi connectivity index (χ4n) is 4.93. The quantitative estimate of drug-likeness (QED) is 0.833. The molecule has 2 aliphatic rings. The number of carboxylic acid groups (broad SMARTS) is 1. The van der Waals surface area contributed by atoms with Crippen molar-refractivity contribution >= 4 is 11.9 Å². The van der Waals surface area contributed by atoms with Crippen LogP contribution in [0.15, 0.2) is 0 Å². The maximum absolute atomic E-state index is 12.7. The van der Waals surface area contributed by atoms with E-state index in [0.29, 0.717) is 41.9 Å². The summed E-state index contributed by atoms with van der Waals surface area (Å²) in [5, 5.41) is 8.83. The molecule has 3 atom stereocenters. The third-order valence-electron chi connectivity index (χ3n) is 5.58. The van der Waals surface area contributed by atoms with Gasteiger partial charge in [-0.15, -0.1) is 0 Å². The lowest BCUT2D eigenvalue weighted by Crippen LogP contribution is -2.41. The normalized spacial score (nSPS) is 30.9. The number of hydrogen-bond donors (Lipinski definition) is 1. The summed E-state index contributed by atoms with van der Waals surface area (Å²) in [7, 11) is 0. The zero-order valence-corrected chi connectivity index (χ0v) is 15.0. The number of carbonyl (C=O) groups excluding carboxylic acids is 1. The lowest BCUT2D eigenvalue weighted by Gasteiger charge is -2.40. The Morgan fingerprint density at radius 1 is 1.22 bits per heavy atom. The third-order valence-corrected chi connectivity index (χ3v) is 5.58. The predicted octanol–water partition coefficient (Wildman–Crippen LogP) is 3.94. The summed E-state index contributed by atoms with van der Waals surface area (Å²) < 4.78 is 0. The monoisotopic (exact) mass is 323 g/mol. The van der Waals surface area contributed by atoms with Gasteiger partial charge in [-0.05, 0) is 61.7 Å². The van der Waals surface area contributed by atoms with Gasteiger partial charge in [0.15, 0.2) is 0 Å². The number of amides is 1. The summed E-state index contributed by atoms with van der Waals surface area (Å²) in [6, 6.07) is 0. The predicted molar refractivity (Wildman–Crippen MR) is 91.1 cm³/mol. The van der Waals surface area contributed by atoms with Crippen molar-refractivity contribution in [2.24, 2.45) is 23.2 Å². The first-order valence-corrected chi connectivity index (χ1v) is 9.25. The SMILES string of the molecule is CC1CC(CC(=O)N2CCCC(CCC(=O)O)C2)CC(C)(C)C1. The van der Waals surface area contributed by atoms with E-state index in [0.717, 1.165) is 32.4 Å². The number of hydrogen-bond acceptors (Lipinski definition) is 2. The minimum Gasteiger partial charge on any atom is -0.481 e. The van der Waals surface area contributed by atoms with E-state index in [9.17, 15) is 9.59 Å². The average molecular weight is 323 g/mol.